The average Bonchev–Trinajstić information content (AvgIpc) is 1.83. The summed E-state index contributed by atoms with van der Waals surface area (Å²) < 4.78 is 17.4. The Morgan fingerprint density at radius 1 is 1.55 bits per heavy atom. The number of esters is 1. The first-order chi connectivity index (χ1) is 4.95. The van der Waals surface area contributed by atoms with Crippen molar-refractivity contribution in [1.82, 2.24) is 0 Å². The van der Waals surface area contributed by atoms with Crippen LogP contribution < -0.4 is 0 Å². The zero-order valence-corrected chi connectivity index (χ0v) is 7.32. The molecule has 0 spiro atoms. The van der Waals surface area contributed by atoms with Gasteiger partial charge in [0.15, 0.2) is 0 Å². The molecule has 0 unspecified atom stereocenters. The standard InChI is InChI=1S/C8H15FO2/c1-4-11-7(10)5-6-8(2,3)9/h4-6H2,1-3H3. The van der Waals surface area contributed by atoms with Crippen molar-refractivity contribution in [2.75, 3.05) is 6.61 Å². The summed E-state index contributed by atoms with van der Waals surface area (Å²) in [6.07, 6.45) is 0.392. The van der Waals surface area contributed by atoms with E-state index in [-0.39, 0.29) is 18.8 Å². The summed E-state index contributed by atoms with van der Waals surface area (Å²) in [5.74, 6) is -0.321. The highest BCUT2D eigenvalue weighted by Gasteiger charge is 2.17. The van der Waals surface area contributed by atoms with Gasteiger partial charge in [-0.15, -0.1) is 0 Å². The first-order valence-electron chi connectivity index (χ1n) is 3.80. The van der Waals surface area contributed by atoms with E-state index in [1.807, 2.05) is 0 Å². The molecule has 0 aliphatic rings. The van der Waals surface area contributed by atoms with E-state index in [0.717, 1.165) is 0 Å². The SMILES string of the molecule is CCOC(=O)CCC(C)(C)F. The Hall–Kier alpha value is -0.600. The fourth-order valence-corrected chi connectivity index (χ4v) is 0.632. The molecule has 0 aliphatic carbocycles. The number of hydrogen-bond acceptors (Lipinski definition) is 2. The lowest BCUT2D eigenvalue weighted by molar-refractivity contribution is -0.143. The Labute approximate surface area is 66.7 Å². The number of carbonyl (C=O) groups excluding carboxylic acids is 1. The molecule has 0 rings (SSSR count). The van der Waals surface area contributed by atoms with E-state index in [2.05, 4.69) is 4.74 Å². The first-order valence-corrected chi connectivity index (χ1v) is 3.80. The number of ether oxygens (including phenoxy) is 1. The monoisotopic (exact) mass is 162 g/mol. The Balaban J connectivity index is 3.46. The van der Waals surface area contributed by atoms with Gasteiger partial charge < -0.3 is 4.74 Å². The van der Waals surface area contributed by atoms with Crippen molar-refractivity contribution < 1.29 is 13.9 Å². The molecule has 0 bridgehead atoms. The molecular formula is C8H15FO2. The van der Waals surface area contributed by atoms with Crippen molar-refractivity contribution in [2.45, 2.75) is 39.3 Å². The van der Waals surface area contributed by atoms with Crippen LogP contribution in [0, 0.1) is 0 Å². The van der Waals surface area contributed by atoms with E-state index < -0.39 is 5.67 Å². The molecule has 0 aromatic carbocycles. The van der Waals surface area contributed by atoms with Gasteiger partial charge in [-0.2, -0.15) is 0 Å². The Bertz CT molecular complexity index is 127. The normalized spacial score (nSPS) is 11.3. The van der Waals surface area contributed by atoms with Crippen LogP contribution in [0.3, 0.4) is 0 Å². The lowest BCUT2D eigenvalue weighted by Gasteiger charge is -2.12. The van der Waals surface area contributed by atoms with E-state index in [4.69, 9.17) is 0 Å². The van der Waals surface area contributed by atoms with Crippen LogP contribution in [0.2, 0.25) is 0 Å². The summed E-state index contributed by atoms with van der Waals surface area (Å²) in [7, 11) is 0. The summed E-state index contributed by atoms with van der Waals surface area (Å²) in [5, 5.41) is 0. The van der Waals surface area contributed by atoms with Crippen LogP contribution in [0.1, 0.15) is 33.6 Å². The van der Waals surface area contributed by atoms with Crippen LogP contribution in [0.5, 0.6) is 0 Å². The molecule has 0 amide bonds. The molecular weight excluding hydrogens is 147 g/mol. The van der Waals surface area contributed by atoms with Crippen LogP contribution in [0.15, 0.2) is 0 Å². The predicted molar refractivity (Wildman–Crippen MR) is 41.1 cm³/mol. The lowest BCUT2D eigenvalue weighted by atomic mass is 10.1. The van der Waals surface area contributed by atoms with Crippen molar-refractivity contribution in [3.05, 3.63) is 0 Å². The molecule has 66 valence electrons. The summed E-state index contributed by atoms with van der Waals surface area (Å²) >= 11 is 0. The molecule has 0 atom stereocenters. The maximum absolute atomic E-state index is 12.8. The maximum atomic E-state index is 12.8. The smallest absolute Gasteiger partial charge is 0.305 e. The third kappa shape index (κ3) is 7.30. The van der Waals surface area contributed by atoms with E-state index in [1.54, 1.807) is 6.92 Å². The zero-order chi connectivity index (χ0) is 8.91. The third-order valence-electron chi connectivity index (χ3n) is 1.23. The van der Waals surface area contributed by atoms with Crippen LogP contribution in [0.4, 0.5) is 4.39 Å². The van der Waals surface area contributed by atoms with Crippen molar-refractivity contribution in [3.63, 3.8) is 0 Å². The Morgan fingerprint density at radius 2 is 2.09 bits per heavy atom. The van der Waals surface area contributed by atoms with E-state index in [0.29, 0.717) is 6.61 Å². The molecule has 0 heterocycles. The number of carbonyl (C=O) groups is 1. The van der Waals surface area contributed by atoms with Gasteiger partial charge in [-0.3, -0.25) is 4.79 Å². The second kappa shape index (κ2) is 4.31. The summed E-state index contributed by atoms with van der Waals surface area (Å²) in [6.45, 7) is 5.00. The van der Waals surface area contributed by atoms with Crippen molar-refractivity contribution >= 4 is 5.97 Å². The Morgan fingerprint density at radius 3 is 2.45 bits per heavy atom. The van der Waals surface area contributed by atoms with Gasteiger partial charge >= 0.3 is 5.97 Å². The second-order valence-electron chi connectivity index (χ2n) is 3.02. The van der Waals surface area contributed by atoms with E-state index >= 15 is 0 Å². The highest BCUT2D eigenvalue weighted by molar-refractivity contribution is 5.69. The minimum Gasteiger partial charge on any atom is -0.466 e. The minimum atomic E-state index is -1.27. The van der Waals surface area contributed by atoms with Crippen LogP contribution >= 0.6 is 0 Å². The molecule has 0 aromatic heterocycles. The molecule has 0 saturated carbocycles. The second-order valence-corrected chi connectivity index (χ2v) is 3.02. The van der Waals surface area contributed by atoms with Gasteiger partial charge in [-0.05, 0) is 27.2 Å². The first kappa shape index (κ1) is 10.4. The fourth-order valence-electron chi connectivity index (χ4n) is 0.632. The highest BCUT2D eigenvalue weighted by atomic mass is 19.1. The summed E-state index contributed by atoms with van der Waals surface area (Å²) in [6, 6.07) is 0. The van der Waals surface area contributed by atoms with Gasteiger partial charge in [-0.1, -0.05) is 0 Å². The topological polar surface area (TPSA) is 26.3 Å². The summed E-state index contributed by atoms with van der Waals surface area (Å²) in [4.78, 5) is 10.7. The van der Waals surface area contributed by atoms with Crippen LogP contribution in [-0.4, -0.2) is 18.2 Å². The van der Waals surface area contributed by atoms with E-state index in [9.17, 15) is 9.18 Å². The number of rotatable bonds is 4. The highest BCUT2D eigenvalue weighted by Crippen LogP contribution is 2.15. The van der Waals surface area contributed by atoms with Crippen LogP contribution in [0.25, 0.3) is 0 Å². The molecule has 0 aromatic rings. The quantitative estimate of drug-likeness (QED) is 0.591. The maximum Gasteiger partial charge on any atom is 0.305 e. The predicted octanol–water partition coefficient (Wildman–Crippen LogP) is 2.08. The largest absolute Gasteiger partial charge is 0.466 e. The molecule has 0 aliphatic heterocycles. The molecule has 0 N–H and O–H groups in total. The van der Waals surface area contributed by atoms with Gasteiger partial charge in [0.2, 0.25) is 0 Å². The van der Waals surface area contributed by atoms with Gasteiger partial charge in [0.1, 0.15) is 5.67 Å². The molecule has 0 radical (unpaired) electrons. The third-order valence-corrected chi connectivity index (χ3v) is 1.23. The van der Waals surface area contributed by atoms with Gasteiger partial charge in [0.25, 0.3) is 0 Å². The Kier molecular flexibility index (Phi) is 4.08. The number of hydrogen-bond donors (Lipinski definition) is 0. The zero-order valence-electron chi connectivity index (χ0n) is 7.32. The average molecular weight is 162 g/mol. The van der Waals surface area contributed by atoms with Gasteiger partial charge in [-0.25, -0.2) is 4.39 Å². The van der Waals surface area contributed by atoms with E-state index in [1.165, 1.54) is 13.8 Å². The number of alkyl halides is 1. The van der Waals surface area contributed by atoms with Crippen molar-refractivity contribution in [1.29, 1.82) is 0 Å². The lowest BCUT2D eigenvalue weighted by Crippen LogP contribution is -2.15. The molecule has 2 nitrogen and oxygen atoms in total. The van der Waals surface area contributed by atoms with Crippen molar-refractivity contribution in [3.8, 4) is 0 Å². The van der Waals surface area contributed by atoms with Gasteiger partial charge in [0.05, 0.1) is 6.61 Å². The fraction of sp³-hybridized carbons (Fsp3) is 0.875. The molecule has 0 fully saturated rings. The van der Waals surface area contributed by atoms with Crippen LogP contribution in [-0.2, 0) is 9.53 Å². The molecule has 0 saturated heterocycles. The number of halogens is 1. The van der Waals surface area contributed by atoms with Crippen molar-refractivity contribution in [2.24, 2.45) is 0 Å². The molecule has 11 heavy (non-hydrogen) atoms. The minimum absolute atomic E-state index is 0.164. The summed E-state index contributed by atoms with van der Waals surface area (Å²) in [5.41, 5.74) is -1.27. The molecule has 3 heteroatoms. The van der Waals surface area contributed by atoms with Gasteiger partial charge in [0, 0.05) is 6.42 Å².